The molecule has 1 atom stereocenters. The van der Waals surface area contributed by atoms with Gasteiger partial charge in [0.2, 0.25) is 5.95 Å². The van der Waals surface area contributed by atoms with Crippen molar-refractivity contribution in [3.8, 4) is 5.75 Å². The lowest BCUT2D eigenvalue weighted by molar-refractivity contribution is 0.196. The number of anilines is 1. The number of ether oxygens (including phenoxy) is 1. The molecular weight excluding hydrogens is 330 g/mol. The lowest BCUT2D eigenvalue weighted by Crippen LogP contribution is -2.07. The third-order valence-corrected chi connectivity index (χ3v) is 4.58. The Balaban J connectivity index is 2.14. The van der Waals surface area contributed by atoms with Gasteiger partial charge in [-0.05, 0) is 33.3 Å². The van der Waals surface area contributed by atoms with Crippen molar-refractivity contribution >= 4 is 17.0 Å². The van der Waals surface area contributed by atoms with E-state index in [2.05, 4.69) is 15.0 Å². The average Bonchev–Trinajstić information content (AvgIpc) is 2.87. The zero-order valence-electron chi connectivity index (χ0n) is 15.9. The van der Waals surface area contributed by atoms with Gasteiger partial charge in [0.1, 0.15) is 11.4 Å². The Kier molecular flexibility index (Phi) is 4.82. The minimum Gasteiger partial charge on any atom is -0.496 e. The molecule has 0 amide bonds. The third kappa shape index (κ3) is 3.22. The molecule has 0 aliphatic carbocycles. The molecule has 0 aliphatic rings. The van der Waals surface area contributed by atoms with E-state index < -0.39 is 6.10 Å². The van der Waals surface area contributed by atoms with Crippen LogP contribution in [-0.2, 0) is 13.0 Å². The minimum atomic E-state index is -0.453. The Morgan fingerprint density at radius 1 is 1.27 bits per heavy atom. The lowest BCUT2D eigenvalue weighted by atomic mass is 10.1. The van der Waals surface area contributed by atoms with Gasteiger partial charge < -0.3 is 20.1 Å². The van der Waals surface area contributed by atoms with Crippen LogP contribution < -0.4 is 10.5 Å². The van der Waals surface area contributed by atoms with E-state index in [0.717, 1.165) is 44.9 Å². The summed E-state index contributed by atoms with van der Waals surface area (Å²) >= 11 is 0. The van der Waals surface area contributed by atoms with Crippen LogP contribution in [0.5, 0.6) is 5.75 Å². The van der Waals surface area contributed by atoms with Gasteiger partial charge in [-0.1, -0.05) is 0 Å². The van der Waals surface area contributed by atoms with Crippen molar-refractivity contribution in [2.24, 2.45) is 0 Å². The average molecular weight is 355 g/mol. The molecule has 0 bridgehead atoms. The Morgan fingerprint density at radius 3 is 2.65 bits per heavy atom. The van der Waals surface area contributed by atoms with Gasteiger partial charge in [-0.25, -0.2) is 4.98 Å². The first kappa shape index (κ1) is 18.1. The molecule has 3 heterocycles. The van der Waals surface area contributed by atoms with Crippen LogP contribution in [0.2, 0.25) is 0 Å². The van der Waals surface area contributed by atoms with E-state index in [1.165, 1.54) is 0 Å². The Labute approximate surface area is 152 Å². The van der Waals surface area contributed by atoms with Crippen molar-refractivity contribution in [3.63, 3.8) is 0 Å². The number of hydrogen-bond donors (Lipinski definition) is 2. The van der Waals surface area contributed by atoms with Crippen molar-refractivity contribution in [2.45, 2.75) is 46.8 Å². The van der Waals surface area contributed by atoms with Crippen molar-refractivity contribution in [1.29, 1.82) is 0 Å². The van der Waals surface area contributed by atoms with Crippen LogP contribution in [0.3, 0.4) is 0 Å². The summed E-state index contributed by atoms with van der Waals surface area (Å²) in [4.78, 5) is 13.3. The smallest absolute Gasteiger partial charge is 0.222 e. The van der Waals surface area contributed by atoms with Crippen LogP contribution in [-0.4, -0.2) is 37.8 Å². The molecule has 0 saturated heterocycles. The number of aliphatic hydroxyl groups excluding tert-OH is 1. The molecule has 0 radical (unpaired) electrons. The molecule has 1 unspecified atom stereocenters. The van der Waals surface area contributed by atoms with Crippen LogP contribution in [0.25, 0.3) is 11.0 Å². The van der Waals surface area contributed by atoms with Crippen LogP contribution in [0, 0.1) is 20.8 Å². The summed E-state index contributed by atoms with van der Waals surface area (Å²) in [5.41, 5.74) is 11.4. The number of nitrogens with zero attached hydrogens (tertiary/aromatic N) is 4. The second-order valence-corrected chi connectivity index (χ2v) is 6.75. The highest BCUT2D eigenvalue weighted by molar-refractivity contribution is 5.84. The lowest BCUT2D eigenvalue weighted by Gasteiger charge is -2.13. The number of aryl methyl sites for hydroxylation is 2. The number of fused-ring (bicyclic) bond motifs is 1. The SMILES string of the molecule is COc1c(C)cnc(Cn2cc(CC(C)O)c3c(C)nc(N)nc32)c1C. The highest BCUT2D eigenvalue weighted by atomic mass is 16.5. The minimum absolute atomic E-state index is 0.240. The van der Waals surface area contributed by atoms with Crippen molar-refractivity contribution in [2.75, 3.05) is 12.8 Å². The zero-order valence-corrected chi connectivity index (χ0v) is 15.9. The number of methoxy groups -OCH3 is 1. The maximum atomic E-state index is 9.85. The summed E-state index contributed by atoms with van der Waals surface area (Å²) < 4.78 is 7.53. The standard InChI is InChI=1S/C19H25N5O2/c1-10-7-21-15(12(3)17(10)26-5)9-24-8-14(6-11(2)25)16-13(4)22-19(20)23-18(16)24/h7-8,11,25H,6,9H2,1-5H3,(H2,20,22,23). The quantitative estimate of drug-likeness (QED) is 0.729. The molecule has 7 nitrogen and oxygen atoms in total. The normalized spacial score (nSPS) is 12.5. The van der Waals surface area contributed by atoms with E-state index in [1.54, 1.807) is 14.0 Å². The molecular formula is C19H25N5O2. The maximum Gasteiger partial charge on any atom is 0.222 e. The van der Waals surface area contributed by atoms with Crippen molar-refractivity contribution < 1.29 is 9.84 Å². The van der Waals surface area contributed by atoms with Gasteiger partial charge in [-0.15, -0.1) is 0 Å². The number of aromatic nitrogens is 4. The summed E-state index contributed by atoms with van der Waals surface area (Å²) in [7, 11) is 1.67. The van der Waals surface area contributed by atoms with Crippen LogP contribution in [0.15, 0.2) is 12.4 Å². The van der Waals surface area contributed by atoms with Crippen LogP contribution in [0.4, 0.5) is 5.95 Å². The van der Waals surface area contributed by atoms with E-state index in [0.29, 0.717) is 13.0 Å². The second kappa shape index (κ2) is 6.92. The molecule has 3 N–H and O–H groups in total. The number of rotatable bonds is 5. The molecule has 26 heavy (non-hydrogen) atoms. The van der Waals surface area contributed by atoms with E-state index >= 15 is 0 Å². The van der Waals surface area contributed by atoms with Gasteiger partial charge in [0.05, 0.1) is 31.1 Å². The molecule has 3 aromatic rings. The van der Waals surface area contributed by atoms with E-state index in [-0.39, 0.29) is 5.95 Å². The van der Waals surface area contributed by atoms with Crippen molar-refractivity contribution in [3.05, 3.63) is 40.5 Å². The van der Waals surface area contributed by atoms with Crippen molar-refractivity contribution in [1.82, 2.24) is 19.5 Å². The third-order valence-electron chi connectivity index (χ3n) is 4.58. The predicted octanol–water partition coefficient (Wildman–Crippen LogP) is 2.31. The predicted molar refractivity (Wildman–Crippen MR) is 101 cm³/mol. The fraction of sp³-hybridized carbons (Fsp3) is 0.421. The van der Waals surface area contributed by atoms with Gasteiger partial charge in [0.25, 0.3) is 0 Å². The second-order valence-electron chi connectivity index (χ2n) is 6.75. The highest BCUT2D eigenvalue weighted by Gasteiger charge is 2.17. The molecule has 0 spiro atoms. The Bertz CT molecular complexity index is 962. The monoisotopic (exact) mass is 355 g/mol. The topological polar surface area (TPSA) is 99.1 Å². The first-order valence-corrected chi connectivity index (χ1v) is 8.60. The molecule has 0 saturated carbocycles. The number of nitrogen functional groups attached to an aromatic ring is 1. The largest absolute Gasteiger partial charge is 0.496 e. The van der Waals surface area contributed by atoms with E-state index in [1.807, 2.05) is 37.7 Å². The van der Waals surface area contributed by atoms with E-state index in [9.17, 15) is 5.11 Å². The molecule has 0 aliphatic heterocycles. The summed E-state index contributed by atoms with van der Waals surface area (Å²) in [5, 5.41) is 10.8. The summed E-state index contributed by atoms with van der Waals surface area (Å²) in [5.74, 6) is 1.09. The van der Waals surface area contributed by atoms with Gasteiger partial charge in [-0.3, -0.25) is 4.98 Å². The molecule has 3 rings (SSSR count). The van der Waals surface area contributed by atoms with Gasteiger partial charge >= 0.3 is 0 Å². The molecule has 138 valence electrons. The molecule has 7 heteroatoms. The van der Waals surface area contributed by atoms with Gasteiger partial charge in [-0.2, -0.15) is 4.98 Å². The molecule has 0 fully saturated rings. The molecule has 0 aromatic carbocycles. The number of pyridine rings is 1. The Morgan fingerprint density at radius 2 is 2.00 bits per heavy atom. The maximum absolute atomic E-state index is 9.85. The first-order chi connectivity index (χ1) is 12.3. The number of hydrogen-bond acceptors (Lipinski definition) is 6. The Hall–Kier alpha value is -2.67. The highest BCUT2D eigenvalue weighted by Crippen LogP contribution is 2.28. The van der Waals surface area contributed by atoms with Gasteiger partial charge in [0.15, 0.2) is 0 Å². The summed E-state index contributed by atoms with van der Waals surface area (Å²) in [6.45, 7) is 8.20. The zero-order chi connectivity index (χ0) is 19.0. The summed E-state index contributed by atoms with van der Waals surface area (Å²) in [6.07, 6.45) is 3.90. The number of aliphatic hydroxyl groups is 1. The van der Waals surface area contributed by atoms with E-state index in [4.69, 9.17) is 10.5 Å². The number of nitrogens with two attached hydrogens (primary N) is 1. The van der Waals surface area contributed by atoms with Crippen LogP contribution >= 0.6 is 0 Å². The summed E-state index contributed by atoms with van der Waals surface area (Å²) in [6, 6.07) is 0. The molecule has 3 aromatic heterocycles. The fourth-order valence-corrected chi connectivity index (χ4v) is 3.46. The van der Waals surface area contributed by atoms with Crippen LogP contribution in [0.1, 0.15) is 35.0 Å². The van der Waals surface area contributed by atoms with Gasteiger partial charge in [0, 0.05) is 35.3 Å². The fourth-order valence-electron chi connectivity index (χ4n) is 3.46. The first-order valence-electron chi connectivity index (χ1n) is 8.60.